The standard InChI is InChI=1S/C38H68O4/c1-3-5-7-9-11-13-15-16-17-18-19-21-23-25-31-35-38(41)42-36(33-29-26-27-30-34-37(39)40)32-28-24-22-20-14-12-10-8-6-4-2/h5,7,11,13,16-17,36H,3-4,6,8-10,12,14-15,18-35H2,1-2H3,(H,39,40)/b7-5-,13-11-,17-16-. The van der Waals surface area contributed by atoms with Gasteiger partial charge < -0.3 is 9.84 Å². The van der Waals surface area contributed by atoms with Crippen molar-refractivity contribution in [2.75, 3.05) is 0 Å². The number of esters is 1. The maximum absolute atomic E-state index is 12.6. The van der Waals surface area contributed by atoms with Crippen molar-refractivity contribution in [3.05, 3.63) is 36.5 Å². The molecule has 0 aliphatic heterocycles. The lowest BCUT2D eigenvalue weighted by Gasteiger charge is -2.18. The van der Waals surface area contributed by atoms with Crippen molar-refractivity contribution >= 4 is 11.9 Å². The highest BCUT2D eigenvalue weighted by Gasteiger charge is 2.14. The molecule has 0 saturated heterocycles. The van der Waals surface area contributed by atoms with Gasteiger partial charge in [-0.1, -0.05) is 140 Å². The Morgan fingerprint density at radius 2 is 1.00 bits per heavy atom. The van der Waals surface area contributed by atoms with Crippen LogP contribution in [0.3, 0.4) is 0 Å². The number of hydrogen-bond acceptors (Lipinski definition) is 3. The summed E-state index contributed by atoms with van der Waals surface area (Å²) >= 11 is 0. The van der Waals surface area contributed by atoms with Crippen LogP contribution in [0, 0.1) is 0 Å². The van der Waals surface area contributed by atoms with Crippen LogP contribution in [0.5, 0.6) is 0 Å². The molecular formula is C38H68O4. The molecule has 4 nitrogen and oxygen atoms in total. The Morgan fingerprint density at radius 3 is 1.55 bits per heavy atom. The third-order valence-electron chi connectivity index (χ3n) is 7.88. The minimum atomic E-state index is -0.714. The van der Waals surface area contributed by atoms with Crippen molar-refractivity contribution in [3.63, 3.8) is 0 Å². The van der Waals surface area contributed by atoms with Gasteiger partial charge in [-0.3, -0.25) is 9.59 Å². The van der Waals surface area contributed by atoms with E-state index in [-0.39, 0.29) is 18.5 Å². The fraction of sp³-hybridized carbons (Fsp3) is 0.789. The number of hydrogen-bond donors (Lipinski definition) is 1. The van der Waals surface area contributed by atoms with Gasteiger partial charge in [0.25, 0.3) is 0 Å². The largest absolute Gasteiger partial charge is 0.481 e. The molecule has 1 unspecified atom stereocenters. The summed E-state index contributed by atoms with van der Waals surface area (Å²) in [5, 5.41) is 8.82. The molecule has 0 aromatic rings. The van der Waals surface area contributed by atoms with E-state index in [1.807, 2.05) is 0 Å². The number of rotatable bonds is 32. The van der Waals surface area contributed by atoms with Crippen LogP contribution in [0.4, 0.5) is 0 Å². The van der Waals surface area contributed by atoms with Crippen molar-refractivity contribution in [3.8, 4) is 0 Å². The van der Waals surface area contributed by atoms with E-state index in [1.54, 1.807) is 0 Å². The first-order valence-corrected chi connectivity index (χ1v) is 18.0. The van der Waals surface area contributed by atoms with E-state index in [1.165, 1.54) is 77.0 Å². The summed E-state index contributed by atoms with van der Waals surface area (Å²) < 4.78 is 5.95. The van der Waals surface area contributed by atoms with Gasteiger partial charge in [-0.25, -0.2) is 0 Å². The lowest BCUT2D eigenvalue weighted by Crippen LogP contribution is -2.18. The topological polar surface area (TPSA) is 63.6 Å². The lowest BCUT2D eigenvalue weighted by atomic mass is 10.0. The third kappa shape index (κ3) is 32.7. The minimum Gasteiger partial charge on any atom is -0.481 e. The molecule has 1 N–H and O–H groups in total. The molecule has 0 saturated carbocycles. The van der Waals surface area contributed by atoms with Gasteiger partial charge in [-0.15, -0.1) is 0 Å². The van der Waals surface area contributed by atoms with Crippen molar-refractivity contribution in [2.45, 2.75) is 193 Å². The van der Waals surface area contributed by atoms with Crippen LogP contribution >= 0.6 is 0 Å². The molecular weight excluding hydrogens is 520 g/mol. The molecule has 0 heterocycles. The summed E-state index contributed by atoms with van der Waals surface area (Å²) in [4.78, 5) is 23.3. The Balaban J connectivity index is 4.03. The maximum Gasteiger partial charge on any atom is 0.306 e. The quantitative estimate of drug-likeness (QED) is 0.0482. The van der Waals surface area contributed by atoms with Crippen molar-refractivity contribution < 1.29 is 19.4 Å². The summed E-state index contributed by atoms with van der Waals surface area (Å²) in [6, 6.07) is 0. The average molecular weight is 589 g/mol. The normalized spacial score (nSPS) is 12.6. The number of carbonyl (C=O) groups is 2. The smallest absolute Gasteiger partial charge is 0.306 e. The molecule has 1 atom stereocenters. The Hall–Kier alpha value is -1.84. The molecule has 0 aromatic carbocycles. The van der Waals surface area contributed by atoms with Crippen LogP contribution in [0.25, 0.3) is 0 Å². The lowest BCUT2D eigenvalue weighted by molar-refractivity contribution is -0.150. The van der Waals surface area contributed by atoms with E-state index >= 15 is 0 Å². The second kappa shape index (κ2) is 33.7. The summed E-state index contributed by atoms with van der Waals surface area (Å²) in [7, 11) is 0. The molecule has 42 heavy (non-hydrogen) atoms. The van der Waals surface area contributed by atoms with Crippen molar-refractivity contribution in [1.82, 2.24) is 0 Å². The second-order valence-corrected chi connectivity index (χ2v) is 12.0. The van der Waals surface area contributed by atoms with E-state index in [9.17, 15) is 9.59 Å². The first-order chi connectivity index (χ1) is 20.6. The number of carbonyl (C=O) groups excluding carboxylic acids is 1. The van der Waals surface area contributed by atoms with Crippen LogP contribution in [0.1, 0.15) is 187 Å². The molecule has 0 aliphatic rings. The molecule has 0 spiro atoms. The zero-order valence-corrected chi connectivity index (χ0v) is 27.8. The Labute approximate surface area is 260 Å². The number of carboxylic acid groups (broad SMARTS) is 1. The van der Waals surface area contributed by atoms with E-state index in [2.05, 4.69) is 50.3 Å². The molecule has 0 radical (unpaired) electrons. The molecule has 0 fully saturated rings. The molecule has 4 heteroatoms. The average Bonchev–Trinajstić information content (AvgIpc) is 2.97. The predicted octanol–water partition coefficient (Wildman–Crippen LogP) is 12.2. The van der Waals surface area contributed by atoms with Gasteiger partial charge in [0.1, 0.15) is 6.10 Å². The summed E-state index contributed by atoms with van der Waals surface area (Å²) in [5.41, 5.74) is 0. The van der Waals surface area contributed by atoms with Crippen LogP contribution in [0.15, 0.2) is 36.5 Å². The zero-order chi connectivity index (χ0) is 30.8. The molecule has 244 valence electrons. The monoisotopic (exact) mass is 589 g/mol. The van der Waals surface area contributed by atoms with Crippen LogP contribution in [-0.2, 0) is 14.3 Å². The maximum atomic E-state index is 12.6. The minimum absolute atomic E-state index is 0.0282. The van der Waals surface area contributed by atoms with Crippen molar-refractivity contribution in [2.24, 2.45) is 0 Å². The predicted molar refractivity (Wildman–Crippen MR) is 181 cm³/mol. The molecule has 0 aromatic heterocycles. The molecule has 0 aliphatic carbocycles. The number of unbranched alkanes of at least 4 members (excludes halogenated alkanes) is 17. The Bertz CT molecular complexity index is 679. The Morgan fingerprint density at radius 1 is 0.548 bits per heavy atom. The van der Waals surface area contributed by atoms with Gasteiger partial charge in [-0.2, -0.15) is 0 Å². The third-order valence-corrected chi connectivity index (χ3v) is 7.88. The second-order valence-electron chi connectivity index (χ2n) is 12.0. The van der Waals surface area contributed by atoms with E-state index < -0.39 is 5.97 Å². The summed E-state index contributed by atoms with van der Waals surface area (Å²) in [6.45, 7) is 4.42. The Kier molecular flexibility index (Phi) is 32.2. The van der Waals surface area contributed by atoms with Gasteiger partial charge in [0.2, 0.25) is 0 Å². The summed E-state index contributed by atoms with van der Waals surface area (Å²) in [5.74, 6) is -0.742. The highest BCUT2D eigenvalue weighted by molar-refractivity contribution is 5.69. The summed E-state index contributed by atoms with van der Waals surface area (Å²) in [6.07, 6.45) is 42.9. The van der Waals surface area contributed by atoms with E-state index in [0.717, 1.165) is 83.5 Å². The van der Waals surface area contributed by atoms with Crippen LogP contribution < -0.4 is 0 Å². The fourth-order valence-electron chi connectivity index (χ4n) is 5.26. The first kappa shape index (κ1) is 40.2. The van der Waals surface area contributed by atoms with Gasteiger partial charge in [0, 0.05) is 12.8 Å². The van der Waals surface area contributed by atoms with E-state index in [0.29, 0.717) is 6.42 Å². The highest BCUT2D eigenvalue weighted by atomic mass is 16.5. The first-order valence-electron chi connectivity index (χ1n) is 18.0. The number of ether oxygens (including phenoxy) is 1. The molecule has 0 amide bonds. The zero-order valence-electron chi connectivity index (χ0n) is 27.8. The molecule has 0 rings (SSSR count). The van der Waals surface area contributed by atoms with E-state index in [4.69, 9.17) is 9.84 Å². The van der Waals surface area contributed by atoms with Gasteiger partial charge in [0.05, 0.1) is 0 Å². The van der Waals surface area contributed by atoms with Crippen molar-refractivity contribution in [1.29, 1.82) is 0 Å². The van der Waals surface area contributed by atoms with Crippen LogP contribution in [0.2, 0.25) is 0 Å². The van der Waals surface area contributed by atoms with Gasteiger partial charge in [-0.05, 0) is 70.6 Å². The highest BCUT2D eigenvalue weighted by Crippen LogP contribution is 2.18. The number of aliphatic carboxylic acids is 1. The molecule has 0 bridgehead atoms. The number of allylic oxidation sites excluding steroid dienone is 6. The van der Waals surface area contributed by atoms with Gasteiger partial charge >= 0.3 is 11.9 Å². The number of carboxylic acids is 1. The van der Waals surface area contributed by atoms with Gasteiger partial charge in [0.15, 0.2) is 0 Å². The SMILES string of the molecule is CC/C=C\C/C=C\C/C=C\CCCCCCCC(=O)OC(CCCCCCCCCCCC)CCCCCCC(=O)O. The fourth-order valence-corrected chi connectivity index (χ4v) is 5.26. The van der Waals surface area contributed by atoms with Crippen LogP contribution in [-0.4, -0.2) is 23.1 Å².